The Morgan fingerprint density at radius 1 is 1.34 bits per heavy atom. The van der Waals surface area contributed by atoms with Crippen LogP contribution in [0.25, 0.3) is 0 Å². The zero-order chi connectivity index (χ0) is 23.3. The highest BCUT2D eigenvalue weighted by molar-refractivity contribution is 7.90. The van der Waals surface area contributed by atoms with Crippen LogP contribution in [-0.2, 0) is 20.3 Å². The number of halogens is 2. The standard InChI is InChI=1S/C19H19F2N5O5S/c1-26-18(22)25-19(9-31-8-15(19)32(26,28)29)12-5-10(3-4-13(12)20)24-17(27)16-14(21)6-11(30-2)7-23-16/h3-7,15H,8-9H2,1-2H3,(H2,22,25)(H,24,27). The average molecular weight is 467 g/mol. The first kappa shape index (κ1) is 21.9. The van der Waals surface area contributed by atoms with Gasteiger partial charge in [0.15, 0.2) is 11.5 Å². The lowest BCUT2D eigenvalue weighted by molar-refractivity contribution is 0.101. The Labute approximate surface area is 182 Å². The summed E-state index contributed by atoms with van der Waals surface area (Å²) in [4.78, 5) is 20.5. The summed E-state index contributed by atoms with van der Waals surface area (Å²) >= 11 is 0. The van der Waals surface area contributed by atoms with Gasteiger partial charge in [-0.3, -0.25) is 4.79 Å². The molecule has 4 rings (SSSR count). The van der Waals surface area contributed by atoms with Gasteiger partial charge in [-0.2, -0.15) is 0 Å². The smallest absolute Gasteiger partial charge is 0.277 e. The van der Waals surface area contributed by atoms with E-state index in [4.69, 9.17) is 15.2 Å². The van der Waals surface area contributed by atoms with Crippen LogP contribution in [0.4, 0.5) is 14.5 Å². The van der Waals surface area contributed by atoms with E-state index in [2.05, 4.69) is 15.3 Å². The Balaban J connectivity index is 1.73. The lowest BCUT2D eigenvalue weighted by Gasteiger charge is -2.38. The molecule has 1 aromatic carbocycles. The second-order valence-electron chi connectivity index (χ2n) is 7.26. The SMILES string of the molecule is COc1cnc(C(=O)Nc2ccc(F)c(C34COCC3S(=O)(=O)N(C)C(N)=N4)c2)c(F)c1. The molecule has 2 unspecified atom stereocenters. The van der Waals surface area contributed by atoms with Crippen LogP contribution in [0.15, 0.2) is 35.5 Å². The number of carbonyl (C=O) groups excluding carboxylic acids is 1. The monoisotopic (exact) mass is 467 g/mol. The molecular formula is C19H19F2N5O5S. The summed E-state index contributed by atoms with van der Waals surface area (Å²) in [6, 6.07) is 4.52. The summed E-state index contributed by atoms with van der Waals surface area (Å²) in [5.41, 5.74) is 3.63. The van der Waals surface area contributed by atoms with Crippen molar-refractivity contribution in [1.29, 1.82) is 0 Å². The molecule has 32 heavy (non-hydrogen) atoms. The fraction of sp³-hybridized carbons (Fsp3) is 0.316. The number of amides is 1. The number of pyridine rings is 1. The van der Waals surface area contributed by atoms with Gasteiger partial charge in [0.25, 0.3) is 5.91 Å². The van der Waals surface area contributed by atoms with Gasteiger partial charge in [-0.25, -0.2) is 31.5 Å². The fourth-order valence-electron chi connectivity index (χ4n) is 3.72. The minimum Gasteiger partial charge on any atom is -0.495 e. The normalized spacial score (nSPS) is 23.9. The minimum atomic E-state index is -3.98. The largest absolute Gasteiger partial charge is 0.495 e. The van der Waals surface area contributed by atoms with Crippen LogP contribution in [0.5, 0.6) is 5.75 Å². The molecule has 1 saturated heterocycles. The third-order valence-electron chi connectivity index (χ3n) is 5.46. The second kappa shape index (κ2) is 7.67. The van der Waals surface area contributed by atoms with Crippen LogP contribution in [-0.4, -0.2) is 62.2 Å². The summed E-state index contributed by atoms with van der Waals surface area (Å²) in [5.74, 6) is -2.74. The Morgan fingerprint density at radius 2 is 2.09 bits per heavy atom. The summed E-state index contributed by atoms with van der Waals surface area (Å²) in [7, 11) is -1.40. The topological polar surface area (TPSA) is 136 Å². The van der Waals surface area contributed by atoms with Crippen molar-refractivity contribution in [2.24, 2.45) is 10.7 Å². The van der Waals surface area contributed by atoms with Crippen LogP contribution >= 0.6 is 0 Å². The highest BCUT2D eigenvalue weighted by Crippen LogP contribution is 2.44. The van der Waals surface area contributed by atoms with Gasteiger partial charge in [-0.15, -0.1) is 0 Å². The number of guanidine groups is 1. The number of nitrogens with two attached hydrogens (primary N) is 1. The molecule has 0 saturated carbocycles. The molecule has 10 nitrogen and oxygen atoms in total. The van der Waals surface area contributed by atoms with E-state index in [0.29, 0.717) is 0 Å². The Hall–Kier alpha value is -3.32. The highest BCUT2D eigenvalue weighted by Gasteiger charge is 2.58. The van der Waals surface area contributed by atoms with Crippen LogP contribution in [0, 0.1) is 11.6 Å². The molecule has 3 N–H and O–H groups in total. The molecule has 1 amide bonds. The van der Waals surface area contributed by atoms with E-state index in [1.165, 1.54) is 32.5 Å². The Bertz CT molecular complexity index is 1240. The van der Waals surface area contributed by atoms with Crippen LogP contribution in [0.2, 0.25) is 0 Å². The van der Waals surface area contributed by atoms with Gasteiger partial charge >= 0.3 is 0 Å². The Morgan fingerprint density at radius 3 is 2.78 bits per heavy atom. The molecule has 3 heterocycles. The van der Waals surface area contributed by atoms with Crippen molar-refractivity contribution in [2.45, 2.75) is 10.8 Å². The van der Waals surface area contributed by atoms with E-state index in [1.807, 2.05) is 0 Å². The number of aromatic nitrogens is 1. The third kappa shape index (κ3) is 3.33. The van der Waals surface area contributed by atoms with Crippen molar-refractivity contribution >= 4 is 27.6 Å². The number of methoxy groups -OCH3 is 1. The zero-order valence-corrected chi connectivity index (χ0v) is 17.8. The quantitative estimate of drug-likeness (QED) is 0.679. The second-order valence-corrected chi connectivity index (χ2v) is 9.41. The molecule has 0 spiro atoms. The molecule has 0 aliphatic carbocycles. The van der Waals surface area contributed by atoms with Crippen molar-refractivity contribution in [1.82, 2.24) is 9.29 Å². The number of hydrogen-bond donors (Lipinski definition) is 2. The number of anilines is 1. The number of sulfonamides is 1. The number of benzene rings is 1. The van der Waals surface area contributed by atoms with E-state index in [-0.39, 0.29) is 36.2 Å². The van der Waals surface area contributed by atoms with Gasteiger partial charge in [-0.1, -0.05) is 0 Å². The molecule has 0 bridgehead atoms. The van der Waals surface area contributed by atoms with Crippen molar-refractivity contribution in [2.75, 3.05) is 32.7 Å². The number of aliphatic imine (C=N–C) groups is 1. The number of fused-ring (bicyclic) bond motifs is 1. The van der Waals surface area contributed by atoms with E-state index < -0.39 is 44.0 Å². The number of rotatable bonds is 4. The predicted octanol–water partition coefficient (Wildman–Crippen LogP) is 0.805. The van der Waals surface area contributed by atoms with Crippen molar-refractivity contribution in [3.63, 3.8) is 0 Å². The Kier molecular flexibility index (Phi) is 5.25. The van der Waals surface area contributed by atoms with Crippen LogP contribution in [0.1, 0.15) is 16.1 Å². The zero-order valence-electron chi connectivity index (χ0n) is 17.0. The summed E-state index contributed by atoms with van der Waals surface area (Å²) in [6.45, 7) is -0.436. The molecule has 2 atom stereocenters. The maximum Gasteiger partial charge on any atom is 0.277 e. The van der Waals surface area contributed by atoms with Gasteiger partial charge in [0.2, 0.25) is 16.0 Å². The molecule has 170 valence electrons. The van der Waals surface area contributed by atoms with Crippen LogP contribution < -0.4 is 15.8 Å². The summed E-state index contributed by atoms with van der Waals surface area (Å²) in [5, 5.41) is 1.22. The van der Waals surface area contributed by atoms with Crippen molar-refractivity contribution < 1.29 is 31.5 Å². The maximum atomic E-state index is 14.9. The maximum absolute atomic E-state index is 14.9. The average Bonchev–Trinajstić information content (AvgIpc) is 3.19. The number of ether oxygens (including phenoxy) is 2. The van der Waals surface area contributed by atoms with Gasteiger partial charge in [-0.05, 0) is 18.2 Å². The van der Waals surface area contributed by atoms with E-state index in [0.717, 1.165) is 16.4 Å². The van der Waals surface area contributed by atoms with Gasteiger partial charge in [0.05, 0.1) is 26.5 Å². The molecular weight excluding hydrogens is 448 g/mol. The molecule has 0 radical (unpaired) electrons. The number of hydrogen-bond acceptors (Lipinski definition) is 8. The minimum absolute atomic E-state index is 0.0774. The fourth-order valence-corrected chi connectivity index (χ4v) is 5.41. The van der Waals surface area contributed by atoms with Gasteiger partial charge < -0.3 is 20.5 Å². The lowest BCUT2D eigenvalue weighted by atomic mass is 9.88. The molecule has 1 aromatic heterocycles. The molecule has 13 heteroatoms. The van der Waals surface area contributed by atoms with Crippen LogP contribution in [0.3, 0.4) is 0 Å². The summed E-state index contributed by atoms with van der Waals surface area (Å²) in [6.07, 6.45) is 1.17. The number of carbonyl (C=O) groups is 1. The first-order valence-electron chi connectivity index (χ1n) is 9.32. The molecule has 2 aliphatic heterocycles. The highest BCUT2D eigenvalue weighted by atomic mass is 32.2. The van der Waals surface area contributed by atoms with Gasteiger partial charge in [0.1, 0.15) is 22.4 Å². The molecule has 2 aromatic rings. The van der Waals surface area contributed by atoms with Crippen molar-refractivity contribution in [3.05, 3.63) is 53.4 Å². The van der Waals surface area contributed by atoms with Gasteiger partial charge in [0, 0.05) is 24.4 Å². The predicted molar refractivity (Wildman–Crippen MR) is 110 cm³/mol. The van der Waals surface area contributed by atoms with E-state index in [9.17, 15) is 22.0 Å². The van der Waals surface area contributed by atoms with E-state index in [1.54, 1.807) is 0 Å². The molecule has 1 fully saturated rings. The lowest BCUT2D eigenvalue weighted by Crippen LogP contribution is -2.57. The third-order valence-corrected chi connectivity index (χ3v) is 7.66. The number of nitrogens with zero attached hydrogens (tertiary/aromatic N) is 3. The van der Waals surface area contributed by atoms with E-state index >= 15 is 0 Å². The summed E-state index contributed by atoms with van der Waals surface area (Å²) < 4.78 is 65.9. The first-order valence-corrected chi connectivity index (χ1v) is 10.8. The first-order chi connectivity index (χ1) is 15.1. The molecule has 2 aliphatic rings. The number of nitrogens with one attached hydrogen (secondary N) is 1. The van der Waals surface area contributed by atoms with Crippen molar-refractivity contribution in [3.8, 4) is 5.75 Å².